The first-order valence-electron chi connectivity index (χ1n) is 6.95. The molecule has 7 heteroatoms. The number of thioether (sulfide) groups is 1. The second kappa shape index (κ2) is 5.64. The van der Waals surface area contributed by atoms with E-state index in [1.807, 2.05) is 0 Å². The summed E-state index contributed by atoms with van der Waals surface area (Å²) in [6.07, 6.45) is 0.621. The van der Waals surface area contributed by atoms with E-state index in [4.69, 9.17) is 4.74 Å². The van der Waals surface area contributed by atoms with Gasteiger partial charge in [-0.1, -0.05) is 0 Å². The van der Waals surface area contributed by atoms with Gasteiger partial charge in [-0.25, -0.2) is 4.79 Å². The number of hydrogen-bond donors (Lipinski definition) is 1. The highest BCUT2D eigenvalue weighted by molar-refractivity contribution is 7.99. The minimum atomic E-state index is -0.804. The van der Waals surface area contributed by atoms with Crippen LogP contribution in [0.3, 0.4) is 0 Å². The molecule has 1 atom stereocenters. The van der Waals surface area contributed by atoms with Crippen LogP contribution in [-0.2, 0) is 4.79 Å². The molecule has 1 spiro atoms. The molecule has 1 N–H and O–H groups in total. The van der Waals surface area contributed by atoms with E-state index in [0.29, 0.717) is 23.5 Å². The summed E-state index contributed by atoms with van der Waals surface area (Å²) >= 11 is 1.64. The molecular formula is C15H16N2O4S. The lowest BCUT2D eigenvalue weighted by Crippen LogP contribution is -2.47. The van der Waals surface area contributed by atoms with Crippen molar-refractivity contribution in [3.63, 3.8) is 0 Å². The Kier molecular flexibility index (Phi) is 3.82. The molecule has 2 heterocycles. The Balaban J connectivity index is 1.73. The Hall–Kier alpha value is -2.02. The molecule has 0 aromatic heterocycles. The van der Waals surface area contributed by atoms with Gasteiger partial charge in [0.15, 0.2) is 5.78 Å². The maximum Gasteiger partial charge on any atom is 0.325 e. The third-order valence-electron chi connectivity index (χ3n) is 3.98. The van der Waals surface area contributed by atoms with E-state index in [9.17, 15) is 14.4 Å². The van der Waals surface area contributed by atoms with Gasteiger partial charge in [0, 0.05) is 11.3 Å². The van der Waals surface area contributed by atoms with E-state index < -0.39 is 11.6 Å². The van der Waals surface area contributed by atoms with Crippen LogP contribution < -0.4 is 10.1 Å². The molecule has 2 saturated heterocycles. The van der Waals surface area contributed by atoms with Crippen molar-refractivity contribution in [1.29, 1.82) is 0 Å². The minimum Gasteiger partial charge on any atom is -0.497 e. The number of methoxy groups -OCH3 is 1. The smallest absolute Gasteiger partial charge is 0.325 e. The zero-order valence-electron chi connectivity index (χ0n) is 12.1. The van der Waals surface area contributed by atoms with Crippen molar-refractivity contribution in [3.8, 4) is 5.75 Å². The summed E-state index contributed by atoms with van der Waals surface area (Å²) in [4.78, 5) is 37.8. The Labute approximate surface area is 132 Å². The average Bonchev–Trinajstić information content (AvgIpc) is 3.09. The van der Waals surface area contributed by atoms with Crippen LogP contribution in [0.4, 0.5) is 4.79 Å². The van der Waals surface area contributed by atoms with Crippen LogP contribution in [0.15, 0.2) is 24.3 Å². The minimum absolute atomic E-state index is 0.233. The quantitative estimate of drug-likeness (QED) is 0.668. The van der Waals surface area contributed by atoms with E-state index in [2.05, 4.69) is 5.32 Å². The van der Waals surface area contributed by atoms with E-state index in [-0.39, 0.29) is 18.2 Å². The van der Waals surface area contributed by atoms with Gasteiger partial charge in [0.1, 0.15) is 11.3 Å². The fourth-order valence-electron chi connectivity index (χ4n) is 2.66. The van der Waals surface area contributed by atoms with Gasteiger partial charge in [-0.2, -0.15) is 11.8 Å². The van der Waals surface area contributed by atoms with Crippen molar-refractivity contribution in [2.24, 2.45) is 0 Å². The lowest BCUT2D eigenvalue weighted by Gasteiger charge is -2.18. The molecule has 0 aliphatic carbocycles. The molecule has 3 amide bonds. The molecule has 6 nitrogen and oxygen atoms in total. The summed E-state index contributed by atoms with van der Waals surface area (Å²) in [7, 11) is 1.54. The molecule has 2 fully saturated rings. The zero-order valence-corrected chi connectivity index (χ0v) is 12.9. The summed E-state index contributed by atoms with van der Waals surface area (Å²) < 4.78 is 5.04. The summed E-state index contributed by atoms with van der Waals surface area (Å²) in [6.45, 7) is -0.233. The number of benzene rings is 1. The number of ether oxygens (including phenoxy) is 1. The molecule has 22 heavy (non-hydrogen) atoms. The number of nitrogens with zero attached hydrogens (tertiary/aromatic N) is 1. The Morgan fingerprint density at radius 2 is 2.09 bits per heavy atom. The molecule has 116 valence electrons. The Morgan fingerprint density at radius 1 is 1.36 bits per heavy atom. The lowest BCUT2D eigenvalue weighted by molar-refractivity contribution is -0.130. The summed E-state index contributed by atoms with van der Waals surface area (Å²) in [5.41, 5.74) is -0.356. The molecule has 1 aromatic rings. The molecule has 2 aliphatic rings. The number of rotatable bonds is 4. The maximum absolute atomic E-state index is 12.5. The average molecular weight is 320 g/mol. The number of carbonyl (C=O) groups excluding carboxylic acids is 3. The molecule has 3 rings (SSSR count). The number of urea groups is 1. The highest BCUT2D eigenvalue weighted by Crippen LogP contribution is 2.33. The Morgan fingerprint density at radius 3 is 2.68 bits per heavy atom. The molecular weight excluding hydrogens is 304 g/mol. The van der Waals surface area contributed by atoms with Crippen LogP contribution in [0, 0.1) is 0 Å². The predicted molar refractivity (Wildman–Crippen MR) is 82.2 cm³/mol. The molecule has 0 unspecified atom stereocenters. The lowest BCUT2D eigenvalue weighted by atomic mass is 9.99. The Bertz CT molecular complexity index is 623. The van der Waals surface area contributed by atoms with Crippen molar-refractivity contribution in [1.82, 2.24) is 10.2 Å². The standard InChI is InChI=1S/C15H16N2O4S/c1-21-11-4-2-10(3-5-11)12(18)8-17-13(19)15(16-14(17)20)6-7-22-9-15/h2-5H,6-9H2,1H3,(H,16,20)/t15-/m1/s1. The first-order valence-corrected chi connectivity index (χ1v) is 8.10. The SMILES string of the molecule is COc1ccc(C(=O)CN2C(=O)N[C@@]3(CCSC3)C2=O)cc1. The van der Waals surface area contributed by atoms with E-state index in [1.54, 1.807) is 43.1 Å². The van der Waals surface area contributed by atoms with Crippen molar-refractivity contribution in [3.05, 3.63) is 29.8 Å². The van der Waals surface area contributed by atoms with Gasteiger partial charge in [-0.15, -0.1) is 0 Å². The first-order chi connectivity index (χ1) is 10.6. The van der Waals surface area contributed by atoms with Gasteiger partial charge in [0.25, 0.3) is 5.91 Å². The summed E-state index contributed by atoms with van der Waals surface area (Å²) in [5.74, 6) is 1.50. The maximum atomic E-state index is 12.5. The van der Waals surface area contributed by atoms with Crippen LogP contribution >= 0.6 is 11.8 Å². The number of hydrogen-bond acceptors (Lipinski definition) is 5. The van der Waals surface area contributed by atoms with Crippen LogP contribution in [0.5, 0.6) is 5.75 Å². The predicted octanol–water partition coefficient (Wildman–Crippen LogP) is 1.31. The second-order valence-corrected chi connectivity index (χ2v) is 6.46. The fraction of sp³-hybridized carbons (Fsp3) is 0.400. The second-order valence-electron chi connectivity index (χ2n) is 5.36. The molecule has 0 saturated carbocycles. The summed E-state index contributed by atoms with van der Waals surface area (Å²) in [5, 5.41) is 2.75. The molecule has 0 bridgehead atoms. The normalized spacial score (nSPS) is 24.0. The van der Waals surface area contributed by atoms with Gasteiger partial charge in [-0.05, 0) is 36.4 Å². The molecule has 2 aliphatic heterocycles. The number of carbonyl (C=O) groups is 3. The van der Waals surface area contributed by atoms with E-state index >= 15 is 0 Å². The van der Waals surface area contributed by atoms with Crippen molar-refractivity contribution >= 4 is 29.5 Å². The topological polar surface area (TPSA) is 75.7 Å². The summed E-state index contributed by atoms with van der Waals surface area (Å²) in [6, 6.07) is 6.12. The highest BCUT2D eigenvalue weighted by Gasteiger charge is 2.53. The van der Waals surface area contributed by atoms with Gasteiger partial charge < -0.3 is 10.1 Å². The number of amides is 3. The van der Waals surface area contributed by atoms with Gasteiger partial charge >= 0.3 is 6.03 Å². The molecule has 1 aromatic carbocycles. The van der Waals surface area contributed by atoms with Crippen LogP contribution in [-0.4, -0.2) is 53.3 Å². The number of nitrogens with one attached hydrogen (secondary N) is 1. The van der Waals surface area contributed by atoms with Gasteiger partial charge in [0.2, 0.25) is 0 Å². The largest absolute Gasteiger partial charge is 0.497 e. The number of imide groups is 1. The van der Waals surface area contributed by atoms with Crippen molar-refractivity contribution in [2.75, 3.05) is 25.2 Å². The highest BCUT2D eigenvalue weighted by atomic mass is 32.2. The number of Topliss-reactive ketones (excluding diaryl/α,β-unsaturated/α-hetero) is 1. The van der Waals surface area contributed by atoms with Crippen LogP contribution in [0.25, 0.3) is 0 Å². The monoisotopic (exact) mass is 320 g/mol. The van der Waals surface area contributed by atoms with E-state index in [0.717, 1.165) is 10.7 Å². The van der Waals surface area contributed by atoms with Crippen molar-refractivity contribution in [2.45, 2.75) is 12.0 Å². The molecule has 0 radical (unpaired) electrons. The third-order valence-corrected chi connectivity index (χ3v) is 5.17. The van der Waals surface area contributed by atoms with Gasteiger partial charge in [0.05, 0.1) is 13.7 Å². The van der Waals surface area contributed by atoms with Crippen molar-refractivity contribution < 1.29 is 19.1 Å². The van der Waals surface area contributed by atoms with E-state index in [1.165, 1.54) is 0 Å². The number of ketones is 1. The van der Waals surface area contributed by atoms with Gasteiger partial charge in [-0.3, -0.25) is 14.5 Å². The third kappa shape index (κ3) is 2.45. The van der Waals surface area contributed by atoms with Crippen LogP contribution in [0.1, 0.15) is 16.8 Å². The van der Waals surface area contributed by atoms with Crippen LogP contribution in [0.2, 0.25) is 0 Å². The fourth-order valence-corrected chi connectivity index (χ4v) is 3.99. The zero-order chi connectivity index (χ0) is 15.7. The first kappa shape index (κ1) is 14.9.